The van der Waals surface area contributed by atoms with E-state index in [2.05, 4.69) is 4.72 Å². The van der Waals surface area contributed by atoms with Gasteiger partial charge >= 0.3 is 6.18 Å². The molecular formula is C25H22ClF4N3O4S. The minimum atomic E-state index is -4.63. The highest BCUT2D eigenvalue weighted by Gasteiger charge is 2.31. The lowest BCUT2D eigenvalue weighted by atomic mass is 10.2. The Kier molecular flexibility index (Phi) is 8.02. The van der Waals surface area contributed by atoms with Crippen molar-refractivity contribution < 1.29 is 35.5 Å². The van der Waals surface area contributed by atoms with Gasteiger partial charge in [0.1, 0.15) is 11.6 Å². The maximum absolute atomic E-state index is 13.1. The summed E-state index contributed by atoms with van der Waals surface area (Å²) in [6.07, 6.45) is -4.63. The molecule has 3 aromatic rings. The van der Waals surface area contributed by atoms with Gasteiger partial charge in [0, 0.05) is 37.6 Å². The van der Waals surface area contributed by atoms with E-state index in [1.807, 2.05) is 4.90 Å². The highest BCUT2D eigenvalue weighted by atomic mass is 35.5. The molecule has 1 aliphatic rings. The summed E-state index contributed by atoms with van der Waals surface area (Å²) in [6, 6.07) is 13.4. The van der Waals surface area contributed by atoms with Gasteiger partial charge in [-0.3, -0.25) is 9.52 Å². The Balaban J connectivity index is 1.33. The largest absolute Gasteiger partial charge is 0.482 e. The minimum absolute atomic E-state index is 0.0722. The van der Waals surface area contributed by atoms with Crippen LogP contribution in [0.4, 0.5) is 28.9 Å². The molecule has 1 fully saturated rings. The molecule has 1 N–H and O–H groups in total. The summed E-state index contributed by atoms with van der Waals surface area (Å²) in [4.78, 5) is 16.0. The zero-order valence-corrected chi connectivity index (χ0v) is 21.3. The molecule has 202 valence electrons. The normalized spacial score (nSPS) is 14.3. The van der Waals surface area contributed by atoms with Crippen LogP contribution in [0, 0.1) is 5.82 Å². The summed E-state index contributed by atoms with van der Waals surface area (Å²) in [5.41, 5.74) is -0.401. The highest BCUT2D eigenvalue weighted by molar-refractivity contribution is 7.92. The Hall–Kier alpha value is -3.51. The van der Waals surface area contributed by atoms with Crippen molar-refractivity contribution in [2.24, 2.45) is 0 Å². The molecule has 7 nitrogen and oxygen atoms in total. The van der Waals surface area contributed by atoms with Crippen LogP contribution in [-0.2, 0) is 21.0 Å². The first-order chi connectivity index (χ1) is 17.9. The molecule has 4 rings (SSSR count). The molecule has 0 atom stereocenters. The third-order valence-corrected chi connectivity index (χ3v) is 7.51. The van der Waals surface area contributed by atoms with Crippen molar-refractivity contribution in [3.8, 4) is 5.75 Å². The van der Waals surface area contributed by atoms with E-state index in [0.29, 0.717) is 32.2 Å². The van der Waals surface area contributed by atoms with Crippen molar-refractivity contribution in [3.05, 3.63) is 83.1 Å². The number of piperazine rings is 1. The number of rotatable bonds is 7. The summed E-state index contributed by atoms with van der Waals surface area (Å²) in [7, 11) is -4.25. The number of carbonyl (C=O) groups is 1. The van der Waals surface area contributed by atoms with Gasteiger partial charge in [0.05, 0.1) is 15.5 Å². The van der Waals surface area contributed by atoms with Gasteiger partial charge in [-0.1, -0.05) is 17.7 Å². The molecule has 0 aromatic heterocycles. The number of alkyl halides is 3. The topological polar surface area (TPSA) is 78.9 Å². The molecule has 0 saturated carbocycles. The van der Waals surface area contributed by atoms with Crippen molar-refractivity contribution in [2.45, 2.75) is 11.1 Å². The van der Waals surface area contributed by atoms with Gasteiger partial charge in [-0.2, -0.15) is 13.2 Å². The first kappa shape index (κ1) is 27.5. The lowest BCUT2D eigenvalue weighted by Crippen LogP contribution is -2.50. The predicted octanol–water partition coefficient (Wildman–Crippen LogP) is 5.03. The van der Waals surface area contributed by atoms with Crippen molar-refractivity contribution in [2.75, 3.05) is 42.4 Å². The number of carbonyl (C=O) groups excluding carboxylic acids is 1. The lowest BCUT2D eigenvalue weighted by molar-refractivity contribution is -0.137. The van der Waals surface area contributed by atoms with E-state index in [4.69, 9.17) is 16.3 Å². The van der Waals surface area contributed by atoms with E-state index in [1.165, 1.54) is 30.3 Å². The van der Waals surface area contributed by atoms with E-state index in [1.54, 1.807) is 17.0 Å². The smallest absolute Gasteiger partial charge is 0.416 e. The number of hydrogen-bond donors (Lipinski definition) is 1. The average Bonchev–Trinajstić information content (AvgIpc) is 2.88. The summed E-state index contributed by atoms with van der Waals surface area (Å²) in [5.74, 6) is -0.540. The molecule has 0 aliphatic carbocycles. The number of hydrogen-bond acceptors (Lipinski definition) is 5. The quantitative estimate of drug-likeness (QED) is 0.403. The van der Waals surface area contributed by atoms with Crippen molar-refractivity contribution in [1.29, 1.82) is 0 Å². The second-order valence-corrected chi connectivity index (χ2v) is 10.5. The number of nitrogens with one attached hydrogen (secondary N) is 1. The summed E-state index contributed by atoms with van der Waals surface area (Å²) >= 11 is 6.17. The fourth-order valence-corrected chi connectivity index (χ4v) is 5.21. The number of sulfonamides is 1. The summed E-state index contributed by atoms with van der Waals surface area (Å²) in [6.45, 7) is 1.66. The van der Waals surface area contributed by atoms with E-state index < -0.39 is 21.8 Å². The third kappa shape index (κ3) is 6.67. The Morgan fingerprint density at radius 1 is 0.974 bits per heavy atom. The first-order valence-electron chi connectivity index (χ1n) is 11.3. The molecule has 13 heteroatoms. The Labute approximate surface area is 221 Å². The van der Waals surface area contributed by atoms with E-state index in [9.17, 15) is 30.8 Å². The van der Waals surface area contributed by atoms with Crippen molar-refractivity contribution >= 4 is 38.9 Å². The van der Waals surface area contributed by atoms with Gasteiger partial charge in [-0.25, -0.2) is 12.8 Å². The monoisotopic (exact) mass is 571 g/mol. The van der Waals surface area contributed by atoms with Crippen LogP contribution in [0.3, 0.4) is 0 Å². The van der Waals surface area contributed by atoms with Crippen LogP contribution in [0.15, 0.2) is 71.6 Å². The van der Waals surface area contributed by atoms with Gasteiger partial charge in [-0.05, 0) is 60.7 Å². The zero-order valence-electron chi connectivity index (χ0n) is 19.7. The van der Waals surface area contributed by atoms with E-state index in [0.717, 1.165) is 23.9 Å². The molecule has 0 unspecified atom stereocenters. The number of benzene rings is 3. The second-order valence-electron chi connectivity index (χ2n) is 8.41. The maximum Gasteiger partial charge on any atom is 0.416 e. The molecule has 1 amide bonds. The van der Waals surface area contributed by atoms with Crippen LogP contribution >= 0.6 is 11.6 Å². The number of halogens is 5. The van der Waals surface area contributed by atoms with Gasteiger partial charge in [-0.15, -0.1) is 0 Å². The number of amides is 1. The molecule has 1 saturated heterocycles. The van der Waals surface area contributed by atoms with Gasteiger partial charge in [0.2, 0.25) is 0 Å². The molecule has 38 heavy (non-hydrogen) atoms. The SMILES string of the molecule is O=C(COc1ccc(S(=O)(=O)Nc2cccc(C(F)(F)F)c2)cc1Cl)N1CCN(c2ccc(F)cc2)CC1. The molecular weight excluding hydrogens is 550 g/mol. The van der Waals surface area contributed by atoms with Crippen LogP contribution in [0.1, 0.15) is 5.56 Å². The Bertz CT molecular complexity index is 1410. The van der Waals surface area contributed by atoms with Gasteiger partial charge < -0.3 is 14.5 Å². The fourth-order valence-electron chi connectivity index (χ4n) is 3.84. The fraction of sp³-hybridized carbons (Fsp3) is 0.240. The number of nitrogens with zero attached hydrogens (tertiary/aromatic N) is 2. The van der Waals surface area contributed by atoms with E-state index in [-0.39, 0.29) is 39.7 Å². The lowest BCUT2D eigenvalue weighted by Gasteiger charge is -2.36. The van der Waals surface area contributed by atoms with Gasteiger partial charge in [0.15, 0.2) is 6.61 Å². The van der Waals surface area contributed by atoms with Crippen molar-refractivity contribution in [1.82, 2.24) is 4.90 Å². The Morgan fingerprint density at radius 3 is 2.29 bits per heavy atom. The number of ether oxygens (including phenoxy) is 1. The van der Waals surface area contributed by atoms with Crippen LogP contribution in [-0.4, -0.2) is 52.0 Å². The average molecular weight is 572 g/mol. The molecule has 1 aliphatic heterocycles. The molecule has 0 bridgehead atoms. The minimum Gasteiger partial charge on any atom is -0.482 e. The first-order valence-corrected chi connectivity index (χ1v) is 13.2. The van der Waals surface area contributed by atoms with Crippen LogP contribution in [0.25, 0.3) is 0 Å². The third-order valence-electron chi connectivity index (χ3n) is 5.83. The molecule has 1 heterocycles. The maximum atomic E-state index is 13.1. The van der Waals surface area contributed by atoms with Crippen LogP contribution < -0.4 is 14.4 Å². The van der Waals surface area contributed by atoms with Crippen LogP contribution in [0.5, 0.6) is 5.75 Å². The predicted molar refractivity (Wildman–Crippen MR) is 134 cm³/mol. The molecule has 0 spiro atoms. The second kappa shape index (κ2) is 11.1. The van der Waals surface area contributed by atoms with E-state index >= 15 is 0 Å². The zero-order chi connectivity index (χ0) is 27.5. The Morgan fingerprint density at radius 2 is 1.66 bits per heavy atom. The highest BCUT2D eigenvalue weighted by Crippen LogP contribution is 2.32. The standard InChI is InChI=1S/C25H22ClF4N3O4S/c26-22-15-21(38(35,36)31-19-3-1-2-17(14-19)25(28,29)30)8-9-23(22)37-16-24(34)33-12-10-32(11-13-33)20-6-4-18(27)5-7-20/h1-9,14-15,31H,10-13,16H2. The number of anilines is 2. The summed E-state index contributed by atoms with van der Waals surface area (Å²) < 4.78 is 84.8. The molecule has 3 aromatic carbocycles. The van der Waals surface area contributed by atoms with Crippen LogP contribution in [0.2, 0.25) is 5.02 Å². The molecule has 0 radical (unpaired) electrons. The van der Waals surface area contributed by atoms with Gasteiger partial charge in [0.25, 0.3) is 15.9 Å². The van der Waals surface area contributed by atoms with Crippen molar-refractivity contribution in [3.63, 3.8) is 0 Å². The summed E-state index contributed by atoms with van der Waals surface area (Å²) in [5, 5.41) is -0.0918.